The summed E-state index contributed by atoms with van der Waals surface area (Å²) in [5.74, 6) is 0.491. The summed E-state index contributed by atoms with van der Waals surface area (Å²) in [6, 6.07) is 8.61. The number of carbonyl (C=O) groups is 1. The lowest BCUT2D eigenvalue weighted by atomic mass is 9.87. The number of hydrogen-bond donors (Lipinski definition) is 3. The third kappa shape index (κ3) is 4.27. The number of nitrogen functional groups attached to an aromatic ring is 1. The van der Waals surface area contributed by atoms with E-state index in [0.717, 1.165) is 29.7 Å². The van der Waals surface area contributed by atoms with Gasteiger partial charge in [-0.2, -0.15) is 22.8 Å². The summed E-state index contributed by atoms with van der Waals surface area (Å²) in [5.41, 5.74) is 9.99. The van der Waals surface area contributed by atoms with Crippen molar-refractivity contribution in [2.24, 2.45) is 0 Å². The van der Waals surface area contributed by atoms with Crippen molar-refractivity contribution in [2.75, 3.05) is 24.6 Å². The van der Waals surface area contributed by atoms with Gasteiger partial charge in [-0.3, -0.25) is 4.90 Å². The van der Waals surface area contributed by atoms with Crippen LogP contribution in [0.4, 0.5) is 29.5 Å². The molecule has 2 unspecified atom stereocenters. The van der Waals surface area contributed by atoms with E-state index in [4.69, 9.17) is 10.7 Å². The molecule has 3 aromatic rings. The zero-order valence-electron chi connectivity index (χ0n) is 18.6. The van der Waals surface area contributed by atoms with Gasteiger partial charge in [0.1, 0.15) is 5.82 Å². The van der Waals surface area contributed by atoms with Gasteiger partial charge in [0.2, 0.25) is 0 Å². The van der Waals surface area contributed by atoms with Crippen molar-refractivity contribution in [3.05, 3.63) is 42.2 Å². The summed E-state index contributed by atoms with van der Waals surface area (Å²) in [5, 5.41) is 9.59. The van der Waals surface area contributed by atoms with Crippen LogP contribution in [0.2, 0.25) is 0 Å². The Morgan fingerprint density at radius 1 is 1.18 bits per heavy atom. The molecule has 0 spiro atoms. The van der Waals surface area contributed by atoms with Crippen LogP contribution in [-0.4, -0.2) is 57.4 Å². The summed E-state index contributed by atoms with van der Waals surface area (Å²) >= 11 is 0. The van der Waals surface area contributed by atoms with Gasteiger partial charge in [-0.05, 0) is 43.4 Å². The van der Waals surface area contributed by atoms with Gasteiger partial charge in [-0.1, -0.05) is 12.1 Å². The first-order valence-electron chi connectivity index (χ1n) is 11.3. The molecule has 2 aliphatic heterocycles. The molecule has 1 aromatic carbocycles. The fourth-order valence-corrected chi connectivity index (χ4v) is 5.33. The maximum Gasteiger partial charge on any atom is 0.401 e. The predicted octanol–water partition coefficient (Wildman–Crippen LogP) is 4.00. The lowest BCUT2D eigenvalue weighted by Crippen LogP contribution is -2.46. The molecule has 4 heterocycles. The topological polar surface area (TPSA) is 101 Å². The smallest absolute Gasteiger partial charge is 0.384 e. The number of benzene rings is 1. The summed E-state index contributed by atoms with van der Waals surface area (Å²) in [6.07, 6.45) is 0.343. The molecule has 0 aliphatic carbocycles. The fraction of sp³-hybridized carbons (Fsp3) is 0.435. The van der Waals surface area contributed by atoms with Gasteiger partial charge in [-0.25, -0.2) is 9.78 Å². The van der Waals surface area contributed by atoms with E-state index >= 15 is 0 Å². The second kappa shape index (κ2) is 8.46. The van der Waals surface area contributed by atoms with Gasteiger partial charge >= 0.3 is 12.2 Å². The van der Waals surface area contributed by atoms with E-state index in [1.54, 1.807) is 40.9 Å². The number of nitrogens with zero attached hydrogens (tertiary/aromatic N) is 4. The number of amides is 2. The average molecular weight is 474 g/mol. The van der Waals surface area contributed by atoms with Crippen LogP contribution < -0.4 is 16.4 Å². The maximum absolute atomic E-state index is 13.0. The molecule has 2 bridgehead atoms. The Bertz CT molecular complexity index is 1190. The third-order valence-corrected chi connectivity index (χ3v) is 6.86. The van der Waals surface area contributed by atoms with Gasteiger partial charge < -0.3 is 16.4 Å². The molecule has 2 atom stereocenters. The van der Waals surface area contributed by atoms with E-state index in [1.807, 2.05) is 12.1 Å². The third-order valence-electron chi connectivity index (χ3n) is 6.86. The van der Waals surface area contributed by atoms with Crippen LogP contribution in [0.25, 0.3) is 16.8 Å². The lowest BCUT2D eigenvalue weighted by molar-refractivity contribution is -0.155. The largest absolute Gasteiger partial charge is 0.401 e. The highest BCUT2D eigenvalue weighted by molar-refractivity contribution is 5.89. The van der Waals surface area contributed by atoms with Crippen LogP contribution >= 0.6 is 0 Å². The van der Waals surface area contributed by atoms with E-state index in [2.05, 4.69) is 15.7 Å². The summed E-state index contributed by atoms with van der Waals surface area (Å²) in [7, 11) is 1.54. The first-order valence-corrected chi connectivity index (χ1v) is 11.3. The number of anilines is 2. The minimum Gasteiger partial charge on any atom is -0.384 e. The number of aromatic nitrogens is 3. The Kier molecular flexibility index (Phi) is 5.59. The highest BCUT2D eigenvalue weighted by atomic mass is 19.4. The molecule has 2 aliphatic rings. The van der Waals surface area contributed by atoms with E-state index in [-0.39, 0.29) is 24.0 Å². The number of hydrogen-bond acceptors (Lipinski definition) is 5. The number of halogens is 3. The number of nitrogens with one attached hydrogen (secondary N) is 2. The van der Waals surface area contributed by atoms with Crippen LogP contribution in [0.3, 0.4) is 0 Å². The van der Waals surface area contributed by atoms with Crippen LogP contribution in [0.5, 0.6) is 0 Å². The van der Waals surface area contributed by atoms with Crippen molar-refractivity contribution in [3.63, 3.8) is 0 Å². The Balaban J connectivity index is 1.42. The van der Waals surface area contributed by atoms with Crippen molar-refractivity contribution in [1.82, 2.24) is 24.8 Å². The van der Waals surface area contributed by atoms with Crippen LogP contribution in [-0.2, 0) is 0 Å². The molecule has 34 heavy (non-hydrogen) atoms. The first kappa shape index (κ1) is 22.5. The molecule has 2 fully saturated rings. The molecular weight excluding hydrogens is 447 g/mol. The standard InChI is InChI=1S/C23H26F3N7O/c1-28-22(34)30-15-4-2-13(3-5-15)18-11-29-33-20(27)10-19(31-21(18)33)14-8-16-6-7-17(9-14)32(16)12-23(24,25)26/h2-5,10-11,14,16-17H,6-9,12,27H2,1H3,(H2,28,30,34). The molecule has 180 valence electrons. The molecule has 2 amide bonds. The minimum atomic E-state index is -4.19. The molecule has 4 N–H and O–H groups in total. The Labute approximate surface area is 194 Å². The summed E-state index contributed by atoms with van der Waals surface area (Å²) in [4.78, 5) is 18.0. The van der Waals surface area contributed by atoms with Crippen LogP contribution in [0, 0.1) is 0 Å². The number of carbonyl (C=O) groups excluding carboxylic acids is 1. The molecule has 0 radical (unpaired) electrons. The van der Waals surface area contributed by atoms with Gasteiger partial charge in [-0.15, -0.1) is 0 Å². The van der Waals surface area contributed by atoms with E-state index < -0.39 is 12.7 Å². The molecule has 2 aromatic heterocycles. The molecule has 5 rings (SSSR count). The van der Waals surface area contributed by atoms with Crippen LogP contribution in [0.1, 0.15) is 37.3 Å². The summed E-state index contributed by atoms with van der Waals surface area (Å²) < 4.78 is 40.7. The normalized spacial score (nSPS) is 22.8. The van der Waals surface area contributed by atoms with Gasteiger partial charge in [0.05, 0.1) is 12.7 Å². The van der Waals surface area contributed by atoms with Crippen molar-refractivity contribution in [2.45, 2.75) is 49.9 Å². The monoisotopic (exact) mass is 473 g/mol. The lowest BCUT2D eigenvalue weighted by Gasteiger charge is -2.39. The molecule has 2 saturated heterocycles. The Hall–Kier alpha value is -3.34. The van der Waals surface area contributed by atoms with Crippen molar-refractivity contribution >= 4 is 23.2 Å². The van der Waals surface area contributed by atoms with E-state index in [0.29, 0.717) is 30.0 Å². The van der Waals surface area contributed by atoms with Crippen molar-refractivity contribution < 1.29 is 18.0 Å². The molecular formula is C23H26F3N7O. The number of rotatable bonds is 4. The average Bonchev–Trinajstić information content (AvgIpc) is 3.30. The highest BCUT2D eigenvalue weighted by Gasteiger charge is 2.46. The van der Waals surface area contributed by atoms with E-state index in [1.165, 1.54) is 0 Å². The predicted molar refractivity (Wildman–Crippen MR) is 122 cm³/mol. The van der Waals surface area contributed by atoms with Gasteiger partial charge in [0.25, 0.3) is 0 Å². The first-order chi connectivity index (χ1) is 16.2. The molecule has 0 saturated carbocycles. The highest BCUT2D eigenvalue weighted by Crippen LogP contribution is 2.44. The Morgan fingerprint density at radius 3 is 2.47 bits per heavy atom. The number of fused-ring (bicyclic) bond motifs is 3. The van der Waals surface area contributed by atoms with Gasteiger partial charge in [0.15, 0.2) is 5.65 Å². The Morgan fingerprint density at radius 2 is 1.85 bits per heavy atom. The van der Waals surface area contributed by atoms with Gasteiger partial charge in [0, 0.05) is 48.1 Å². The zero-order chi connectivity index (χ0) is 24.0. The maximum atomic E-state index is 13.0. The SMILES string of the molecule is CNC(=O)Nc1ccc(-c2cnn3c(N)cc(C4CC5CCC(C4)N5CC(F)(F)F)nc23)cc1. The number of alkyl halides is 3. The minimum absolute atomic E-state index is 0.0520. The molecule has 11 heteroatoms. The fourth-order valence-electron chi connectivity index (χ4n) is 5.33. The number of piperidine rings is 1. The number of urea groups is 1. The second-order valence-corrected chi connectivity index (χ2v) is 9.02. The summed E-state index contributed by atoms with van der Waals surface area (Å²) in [6.45, 7) is -0.846. The second-order valence-electron chi connectivity index (χ2n) is 9.02. The van der Waals surface area contributed by atoms with E-state index in [9.17, 15) is 18.0 Å². The molecule has 8 nitrogen and oxygen atoms in total. The van der Waals surface area contributed by atoms with Crippen molar-refractivity contribution in [3.8, 4) is 11.1 Å². The quantitative estimate of drug-likeness (QED) is 0.532. The zero-order valence-corrected chi connectivity index (χ0v) is 18.6. The number of nitrogens with two attached hydrogens (primary N) is 1. The van der Waals surface area contributed by atoms with Crippen molar-refractivity contribution in [1.29, 1.82) is 0 Å². The van der Waals surface area contributed by atoms with Crippen LogP contribution in [0.15, 0.2) is 36.5 Å².